The second kappa shape index (κ2) is 13.5. The van der Waals surface area contributed by atoms with Crippen molar-refractivity contribution >= 4 is 17.4 Å². The molecule has 0 saturated carbocycles. The second-order valence-electron chi connectivity index (χ2n) is 9.93. The number of benzene rings is 2. The highest BCUT2D eigenvalue weighted by Crippen LogP contribution is 2.42. The summed E-state index contributed by atoms with van der Waals surface area (Å²) in [5.41, 5.74) is 1.12. The third kappa shape index (κ3) is 6.56. The van der Waals surface area contributed by atoms with Gasteiger partial charge in [0.15, 0.2) is 11.5 Å². The number of likely N-dealkylation sites (tertiary alicyclic amines) is 1. The monoisotopic (exact) mass is 537 g/mol. The fourth-order valence-electron chi connectivity index (χ4n) is 5.01. The molecule has 8 heteroatoms. The first-order chi connectivity index (χ1) is 19.0. The highest BCUT2D eigenvalue weighted by atomic mass is 16.5. The van der Waals surface area contributed by atoms with Crippen LogP contribution >= 0.6 is 0 Å². The third-order valence-electron chi connectivity index (χ3n) is 7.07. The lowest BCUT2D eigenvalue weighted by Crippen LogP contribution is -2.36. The maximum absolute atomic E-state index is 13.4. The number of methoxy groups -OCH3 is 1. The van der Waals surface area contributed by atoms with Crippen LogP contribution < -0.4 is 14.2 Å². The number of unbranched alkanes of at least 4 members (excludes halogenated alkanes) is 2. The van der Waals surface area contributed by atoms with E-state index in [1.54, 1.807) is 43.5 Å². The normalized spacial score (nSPS) is 20.4. The number of amides is 1. The first kappa shape index (κ1) is 28.5. The molecule has 39 heavy (non-hydrogen) atoms. The van der Waals surface area contributed by atoms with E-state index in [9.17, 15) is 14.7 Å². The predicted octanol–water partition coefficient (Wildman–Crippen LogP) is 5.65. The quantitative estimate of drug-likeness (QED) is 0.153. The number of aliphatic hydroxyl groups is 1. The Balaban J connectivity index is 1.72. The van der Waals surface area contributed by atoms with Crippen LogP contribution in [0, 0.1) is 0 Å². The van der Waals surface area contributed by atoms with E-state index >= 15 is 0 Å². The molecule has 4 rings (SSSR count). The average molecular weight is 538 g/mol. The van der Waals surface area contributed by atoms with Crippen molar-refractivity contribution in [1.82, 2.24) is 4.90 Å². The SMILES string of the molecule is CCCCCOc1ccc(C2C(=C(O)c3ccc(OCCC)cc3)C(=O)C(=O)N2CC2CCCO2)cc1OC. The van der Waals surface area contributed by atoms with Gasteiger partial charge in [0.25, 0.3) is 11.7 Å². The van der Waals surface area contributed by atoms with Crippen molar-refractivity contribution in [1.29, 1.82) is 0 Å². The van der Waals surface area contributed by atoms with Crippen LogP contribution in [0.2, 0.25) is 0 Å². The Hall–Kier alpha value is -3.52. The van der Waals surface area contributed by atoms with Gasteiger partial charge in [0, 0.05) is 18.7 Å². The van der Waals surface area contributed by atoms with Gasteiger partial charge < -0.3 is 29.0 Å². The number of aliphatic hydroxyl groups excluding tert-OH is 1. The van der Waals surface area contributed by atoms with Gasteiger partial charge in [0.2, 0.25) is 0 Å². The van der Waals surface area contributed by atoms with Crippen LogP contribution in [0.15, 0.2) is 48.0 Å². The first-order valence-corrected chi connectivity index (χ1v) is 13.9. The highest BCUT2D eigenvalue weighted by Gasteiger charge is 2.47. The summed E-state index contributed by atoms with van der Waals surface area (Å²) < 4.78 is 23.0. The van der Waals surface area contributed by atoms with Crippen molar-refractivity contribution in [2.45, 2.75) is 64.5 Å². The van der Waals surface area contributed by atoms with E-state index in [0.29, 0.717) is 48.2 Å². The van der Waals surface area contributed by atoms with Crippen molar-refractivity contribution in [3.05, 3.63) is 59.2 Å². The van der Waals surface area contributed by atoms with Crippen LogP contribution in [0.1, 0.15) is 69.5 Å². The van der Waals surface area contributed by atoms with Gasteiger partial charge in [-0.25, -0.2) is 0 Å². The van der Waals surface area contributed by atoms with Gasteiger partial charge in [0.1, 0.15) is 11.5 Å². The molecule has 2 fully saturated rings. The summed E-state index contributed by atoms with van der Waals surface area (Å²) in [6.07, 6.45) is 5.53. The van der Waals surface area contributed by atoms with Crippen LogP contribution in [0.4, 0.5) is 0 Å². The minimum Gasteiger partial charge on any atom is -0.507 e. The molecule has 0 aliphatic carbocycles. The summed E-state index contributed by atoms with van der Waals surface area (Å²) in [4.78, 5) is 28.2. The van der Waals surface area contributed by atoms with E-state index in [-0.39, 0.29) is 24.0 Å². The molecule has 1 N–H and O–H groups in total. The largest absolute Gasteiger partial charge is 0.507 e. The minimum absolute atomic E-state index is 0.0406. The number of hydrogen-bond acceptors (Lipinski definition) is 7. The maximum atomic E-state index is 13.4. The lowest BCUT2D eigenvalue weighted by molar-refractivity contribution is -0.140. The molecule has 2 aliphatic heterocycles. The fraction of sp³-hybridized carbons (Fsp3) is 0.484. The summed E-state index contributed by atoms with van der Waals surface area (Å²) in [6, 6.07) is 11.5. The van der Waals surface area contributed by atoms with E-state index in [1.165, 1.54) is 4.90 Å². The summed E-state index contributed by atoms with van der Waals surface area (Å²) in [7, 11) is 1.56. The minimum atomic E-state index is -0.798. The van der Waals surface area contributed by atoms with Gasteiger partial charge in [-0.05, 0) is 67.6 Å². The van der Waals surface area contributed by atoms with E-state index < -0.39 is 17.7 Å². The lowest BCUT2D eigenvalue weighted by Gasteiger charge is -2.28. The summed E-state index contributed by atoms with van der Waals surface area (Å²) in [5, 5.41) is 11.4. The molecular formula is C31H39NO7. The van der Waals surface area contributed by atoms with Crippen LogP contribution in [0.25, 0.3) is 5.76 Å². The molecule has 1 amide bonds. The second-order valence-corrected chi connectivity index (χ2v) is 9.93. The van der Waals surface area contributed by atoms with Crippen LogP contribution in [0.3, 0.4) is 0 Å². The number of hydrogen-bond donors (Lipinski definition) is 1. The molecule has 210 valence electrons. The van der Waals surface area contributed by atoms with Gasteiger partial charge in [-0.1, -0.05) is 32.8 Å². The van der Waals surface area contributed by atoms with Gasteiger partial charge in [-0.3, -0.25) is 9.59 Å². The number of rotatable bonds is 13. The number of ether oxygens (including phenoxy) is 4. The van der Waals surface area contributed by atoms with E-state index in [1.807, 2.05) is 13.0 Å². The van der Waals surface area contributed by atoms with Crippen LogP contribution in [-0.2, 0) is 14.3 Å². The summed E-state index contributed by atoms with van der Waals surface area (Å²) in [6.45, 7) is 6.20. The molecule has 8 nitrogen and oxygen atoms in total. The van der Waals surface area contributed by atoms with Crippen molar-refractivity contribution in [3.63, 3.8) is 0 Å². The third-order valence-corrected chi connectivity index (χ3v) is 7.07. The molecule has 2 aromatic carbocycles. The topological polar surface area (TPSA) is 94.5 Å². The molecule has 2 aliphatic rings. The lowest BCUT2D eigenvalue weighted by atomic mass is 9.94. The van der Waals surface area contributed by atoms with Gasteiger partial charge in [-0.2, -0.15) is 0 Å². The molecule has 2 saturated heterocycles. The number of carbonyl (C=O) groups is 2. The predicted molar refractivity (Wildman–Crippen MR) is 148 cm³/mol. The number of carbonyl (C=O) groups excluding carboxylic acids is 2. The van der Waals surface area contributed by atoms with Crippen molar-refractivity contribution in [2.24, 2.45) is 0 Å². The molecule has 0 bridgehead atoms. The van der Waals surface area contributed by atoms with Gasteiger partial charge in [-0.15, -0.1) is 0 Å². The molecule has 2 heterocycles. The molecule has 0 aromatic heterocycles. The van der Waals surface area contributed by atoms with Crippen LogP contribution in [0.5, 0.6) is 17.2 Å². The molecule has 0 spiro atoms. The zero-order valence-electron chi connectivity index (χ0n) is 23.1. The fourth-order valence-corrected chi connectivity index (χ4v) is 5.01. The van der Waals surface area contributed by atoms with E-state index in [4.69, 9.17) is 18.9 Å². The summed E-state index contributed by atoms with van der Waals surface area (Å²) >= 11 is 0. The van der Waals surface area contributed by atoms with E-state index in [0.717, 1.165) is 38.5 Å². The first-order valence-electron chi connectivity index (χ1n) is 13.9. The number of Topliss-reactive ketones (excluding diaryl/α,β-unsaturated/α-hetero) is 1. The van der Waals surface area contributed by atoms with Crippen molar-refractivity contribution in [3.8, 4) is 17.2 Å². The van der Waals surface area contributed by atoms with Gasteiger partial charge in [0.05, 0.1) is 38.0 Å². The Morgan fingerprint density at radius 2 is 1.79 bits per heavy atom. The Morgan fingerprint density at radius 3 is 2.46 bits per heavy atom. The van der Waals surface area contributed by atoms with E-state index in [2.05, 4.69) is 6.92 Å². The zero-order chi connectivity index (χ0) is 27.8. The average Bonchev–Trinajstić information content (AvgIpc) is 3.56. The van der Waals surface area contributed by atoms with Crippen molar-refractivity contribution < 1.29 is 33.6 Å². The van der Waals surface area contributed by atoms with Crippen LogP contribution in [-0.4, -0.2) is 61.3 Å². The zero-order valence-corrected chi connectivity index (χ0v) is 23.1. The summed E-state index contributed by atoms with van der Waals surface area (Å²) in [5.74, 6) is 0.164. The van der Waals surface area contributed by atoms with Gasteiger partial charge >= 0.3 is 0 Å². The number of ketones is 1. The Morgan fingerprint density at radius 1 is 1.00 bits per heavy atom. The molecule has 2 aromatic rings. The Labute approximate surface area is 230 Å². The van der Waals surface area contributed by atoms with Crippen molar-refractivity contribution in [2.75, 3.05) is 33.5 Å². The molecule has 0 radical (unpaired) electrons. The Bertz CT molecular complexity index is 1170. The Kier molecular flexibility index (Phi) is 9.87. The highest BCUT2D eigenvalue weighted by molar-refractivity contribution is 6.46. The maximum Gasteiger partial charge on any atom is 0.295 e. The smallest absolute Gasteiger partial charge is 0.295 e. The number of nitrogens with zero attached hydrogens (tertiary/aromatic N) is 1. The molecule has 2 atom stereocenters. The standard InChI is InChI=1S/C31H39NO7/c1-4-6-7-17-39-25-15-12-22(19-26(25)36-3)28-27(29(33)21-10-13-23(14-11-21)37-16-5-2)30(34)31(35)32(28)20-24-9-8-18-38-24/h10-15,19,24,28,33H,4-9,16-18,20H2,1-3H3. The molecular weight excluding hydrogens is 498 g/mol. The molecule has 2 unspecified atom stereocenters.